The molecule has 0 amide bonds. The quantitative estimate of drug-likeness (QED) is 0.798. The number of thiocarbonyl (C=S) groups is 1. The van der Waals surface area contributed by atoms with Crippen LogP contribution >= 0.6 is 12.2 Å². The van der Waals surface area contributed by atoms with Gasteiger partial charge in [0.25, 0.3) is 0 Å². The predicted octanol–water partition coefficient (Wildman–Crippen LogP) is 4.37. The van der Waals surface area contributed by atoms with Crippen molar-refractivity contribution in [1.29, 1.82) is 0 Å². The number of rotatable bonds is 4. The summed E-state index contributed by atoms with van der Waals surface area (Å²) in [5.41, 5.74) is 3.43. The minimum atomic E-state index is 0.144. The van der Waals surface area contributed by atoms with Gasteiger partial charge in [-0.3, -0.25) is 4.98 Å². The van der Waals surface area contributed by atoms with Gasteiger partial charge in [-0.15, -0.1) is 0 Å². The average Bonchev–Trinajstić information content (AvgIpc) is 2.62. The maximum absolute atomic E-state index is 5.40. The third-order valence-electron chi connectivity index (χ3n) is 4.68. The van der Waals surface area contributed by atoms with Crippen molar-refractivity contribution in [2.75, 3.05) is 23.3 Å². The molecular formula is C20H26N4S. The van der Waals surface area contributed by atoms with Crippen LogP contribution in [0.1, 0.15) is 38.3 Å². The molecule has 1 aliphatic rings. The number of anilines is 2. The summed E-state index contributed by atoms with van der Waals surface area (Å²) in [6, 6.07) is 12.8. The highest BCUT2D eigenvalue weighted by molar-refractivity contribution is 7.80. The van der Waals surface area contributed by atoms with E-state index < -0.39 is 0 Å². The Bertz CT molecular complexity index is 687. The molecule has 0 spiro atoms. The second-order valence-corrected chi connectivity index (χ2v) is 7.26. The Morgan fingerprint density at radius 1 is 1.28 bits per heavy atom. The van der Waals surface area contributed by atoms with Gasteiger partial charge < -0.3 is 15.5 Å². The standard InChI is InChI=1S/C20H26N4S/c1-15-5-4-12-24(14-15)19-9-7-17(8-10-19)16(2)22-20(25)23-18-6-3-11-21-13-18/h3,6-11,13,15-16H,4-5,12,14H2,1-2H3,(H2,22,23,25)/t15-,16-/m1/s1. The van der Waals surface area contributed by atoms with Gasteiger partial charge in [0, 0.05) is 25.0 Å². The van der Waals surface area contributed by atoms with E-state index in [-0.39, 0.29) is 6.04 Å². The van der Waals surface area contributed by atoms with E-state index in [4.69, 9.17) is 12.2 Å². The van der Waals surface area contributed by atoms with Crippen LogP contribution in [0.25, 0.3) is 0 Å². The lowest BCUT2D eigenvalue weighted by Gasteiger charge is -2.33. The molecule has 1 aromatic carbocycles. The fourth-order valence-corrected chi connectivity index (χ4v) is 3.58. The summed E-state index contributed by atoms with van der Waals surface area (Å²) >= 11 is 5.40. The van der Waals surface area contributed by atoms with E-state index in [0.29, 0.717) is 5.11 Å². The summed E-state index contributed by atoms with van der Waals surface area (Å²) in [5, 5.41) is 7.10. The molecule has 2 atom stereocenters. The largest absolute Gasteiger partial charge is 0.371 e. The zero-order valence-corrected chi connectivity index (χ0v) is 15.7. The van der Waals surface area contributed by atoms with Gasteiger partial charge in [-0.25, -0.2) is 0 Å². The van der Waals surface area contributed by atoms with Gasteiger partial charge in [0.1, 0.15) is 0 Å². The molecule has 25 heavy (non-hydrogen) atoms. The van der Waals surface area contributed by atoms with Gasteiger partial charge >= 0.3 is 0 Å². The predicted molar refractivity (Wildman–Crippen MR) is 109 cm³/mol. The number of nitrogens with zero attached hydrogens (tertiary/aromatic N) is 2. The molecule has 5 heteroatoms. The third kappa shape index (κ3) is 4.92. The number of benzene rings is 1. The maximum Gasteiger partial charge on any atom is 0.171 e. The van der Waals surface area contributed by atoms with Crippen molar-refractivity contribution in [3.8, 4) is 0 Å². The van der Waals surface area contributed by atoms with Crippen LogP contribution in [-0.4, -0.2) is 23.2 Å². The van der Waals surface area contributed by atoms with Crippen LogP contribution < -0.4 is 15.5 Å². The summed E-state index contributed by atoms with van der Waals surface area (Å²) in [6.45, 7) is 6.78. The molecule has 2 heterocycles. The Morgan fingerprint density at radius 3 is 2.76 bits per heavy atom. The Morgan fingerprint density at radius 2 is 2.08 bits per heavy atom. The molecule has 132 valence electrons. The molecule has 0 aliphatic carbocycles. The third-order valence-corrected chi connectivity index (χ3v) is 4.90. The normalized spacial score (nSPS) is 18.5. The molecule has 1 aromatic heterocycles. The molecule has 0 saturated carbocycles. The monoisotopic (exact) mass is 354 g/mol. The highest BCUT2D eigenvalue weighted by atomic mass is 32.1. The van der Waals surface area contributed by atoms with Crippen LogP contribution in [0, 0.1) is 5.92 Å². The Kier molecular flexibility index (Phi) is 5.87. The topological polar surface area (TPSA) is 40.2 Å². The van der Waals surface area contributed by atoms with Crippen LogP contribution in [0.5, 0.6) is 0 Å². The van der Waals surface area contributed by atoms with Crippen LogP contribution in [0.3, 0.4) is 0 Å². The number of aromatic nitrogens is 1. The molecule has 0 radical (unpaired) electrons. The van der Waals surface area contributed by atoms with E-state index in [1.54, 1.807) is 12.4 Å². The number of hydrogen-bond donors (Lipinski definition) is 2. The molecule has 1 saturated heterocycles. The van der Waals surface area contributed by atoms with Crippen molar-refractivity contribution in [2.24, 2.45) is 5.92 Å². The SMILES string of the molecule is C[C@@H]1CCCN(c2ccc([C@@H](C)NC(=S)Nc3cccnc3)cc2)C1. The van der Waals surface area contributed by atoms with E-state index in [1.165, 1.54) is 24.1 Å². The maximum atomic E-state index is 5.40. The second-order valence-electron chi connectivity index (χ2n) is 6.85. The molecule has 3 rings (SSSR count). The number of piperidine rings is 1. The number of hydrogen-bond acceptors (Lipinski definition) is 3. The van der Waals surface area contributed by atoms with Crippen molar-refractivity contribution >= 4 is 28.7 Å². The minimum Gasteiger partial charge on any atom is -0.371 e. The molecule has 2 N–H and O–H groups in total. The first-order valence-electron chi connectivity index (χ1n) is 8.94. The molecule has 1 fully saturated rings. The molecule has 1 aliphatic heterocycles. The van der Waals surface area contributed by atoms with Crippen LogP contribution in [-0.2, 0) is 0 Å². The Labute approximate surface area is 155 Å². The summed E-state index contributed by atoms with van der Waals surface area (Å²) in [4.78, 5) is 6.57. The second kappa shape index (κ2) is 8.30. The smallest absolute Gasteiger partial charge is 0.171 e. The first kappa shape index (κ1) is 17.7. The van der Waals surface area contributed by atoms with Gasteiger partial charge in [0.05, 0.1) is 17.9 Å². The van der Waals surface area contributed by atoms with Crippen LogP contribution in [0.15, 0.2) is 48.8 Å². The van der Waals surface area contributed by atoms with E-state index in [2.05, 4.69) is 58.6 Å². The lowest BCUT2D eigenvalue weighted by Crippen LogP contribution is -2.34. The van der Waals surface area contributed by atoms with Crippen molar-refractivity contribution < 1.29 is 0 Å². The van der Waals surface area contributed by atoms with E-state index in [1.807, 2.05) is 12.1 Å². The molecule has 4 nitrogen and oxygen atoms in total. The fourth-order valence-electron chi connectivity index (χ4n) is 3.28. The van der Waals surface area contributed by atoms with Crippen LogP contribution in [0.2, 0.25) is 0 Å². The number of nitrogens with one attached hydrogen (secondary N) is 2. The van der Waals surface area contributed by atoms with Crippen molar-refractivity contribution in [1.82, 2.24) is 10.3 Å². The summed E-state index contributed by atoms with van der Waals surface area (Å²) in [7, 11) is 0. The molecule has 0 unspecified atom stereocenters. The fraction of sp³-hybridized carbons (Fsp3) is 0.400. The average molecular weight is 355 g/mol. The first-order valence-corrected chi connectivity index (χ1v) is 9.35. The zero-order chi connectivity index (χ0) is 17.6. The van der Waals surface area contributed by atoms with E-state index in [9.17, 15) is 0 Å². The summed E-state index contributed by atoms with van der Waals surface area (Å²) in [5.74, 6) is 0.782. The van der Waals surface area contributed by atoms with Gasteiger partial charge in [0.2, 0.25) is 0 Å². The molecular weight excluding hydrogens is 328 g/mol. The first-order chi connectivity index (χ1) is 12.1. The number of pyridine rings is 1. The van der Waals surface area contributed by atoms with Gasteiger partial charge in [-0.05, 0) is 67.7 Å². The lowest BCUT2D eigenvalue weighted by molar-refractivity contribution is 0.447. The highest BCUT2D eigenvalue weighted by Crippen LogP contribution is 2.24. The summed E-state index contributed by atoms with van der Waals surface area (Å²) in [6.07, 6.45) is 6.13. The van der Waals surface area contributed by atoms with Crippen molar-refractivity contribution in [3.63, 3.8) is 0 Å². The van der Waals surface area contributed by atoms with Gasteiger partial charge in [-0.2, -0.15) is 0 Å². The van der Waals surface area contributed by atoms with Crippen molar-refractivity contribution in [2.45, 2.75) is 32.7 Å². The summed E-state index contributed by atoms with van der Waals surface area (Å²) < 4.78 is 0. The molecule has 2 aromatic rings. The Balaban J connectivity index is 1.57. The zero-order valence-electron chi connectivity index (χ0n) is 14.9. The lowest BCUT2D eigenvalue weighted by atomic mass is 9.99. The minimum absolute atomic E-state index is 0.144. The molecule has 0 bridgehead atoms. The van der Waals surface area contributed by atoms with Gasteiger partial charge in [-0.1, -0.05) is 19.1 Å². The van der Waals surface area contributed by atoms with Gasteiger partial charge in [0.15, 0.2) is 5.11 Å². The highest BCUT2D eigenvalue weighted by Gasteiger charge is 2.16. The van der Waals surface area contributed by atoms with Crippen molar-refractivity contribution in [3.05, 3.63) is 54.4 Å². The Hall–Kier alpha value is -2.14. The van der Waals surface area contributed by atoms with Crippen LogP contribution in [0.4, 0.5) is 11.4 Å². The van der Waals surface area contributed by atoms with E-state index in [0.717, 1.165) is 24.7 Å². The van der Waals surface area contributed by atoms with E-state index >= 15 is 0 Å².